The van der Waals surface area contributed by atoms with Gasteiger partial charge in [-0.15, -0.1) is 0 Å². The maximum absolute atomic E-state index is 11.5. The molecule has 0 bridgehead atoms. The summed E-state index contributed by atoms with van der Waals surface area (Å²) in [5.41, 5.74) is 0. The highest BCUT2D eigenvalue weighted by Gasteiger charge is 2.46. The van der Waals surface area contributed by atoms with E-state index >= 15 is 0 Å². The summed E-state index contributed by atoms with van der Waals surface area (Å²) in [5.74, 6) is -4.38. The van der Waals surface area contributed by atoms with Crippen LogP contribution < -0.4 is 0 Å². The summed E-state index contributed by atoms with van der Waals surface area (Å²) in [6.07, 6.45) is 0.333. The number of likely N-dealkylation sites (tertiary alicyclic amines) is 2. The average molecular weight is 387 g/mol. The average Bonchev–Trinajstić information content (AvgIpc) is 3.16. The molecule has 2 aliphatic heterocycles. The lowest BCUT2D eigenvalue weighted by Gasteiger charge is -2.33. The van der Waals surface area contributed by atoms with Crippen molar-refractivity contribution in [2.24, 2.45) is 0 Å². The zero-order valence-corrected chi connectivity index (χ0v) is 15.0. The molecule has 2 heterocycles. The minimum Gasteiger partial charge on any atom is -0.480 e. The topological polar surface area (TPSA) is 159 Å². The number of hydrogen-bond donors (Lipinski definition) is 4. The van der Waals surface area contributed by atoms with Crippen molar-refractivity contribution >= 4 is 23.9 Å². The Morgan fingerprint density at radius 2 is 1.33 bits per heavy atom. The number of nitrogens with zero attached hydrogens (tertiary/aromatic N) is 3. The SMILES string of the molecule is CCN1C[C@@H](N(CC(=O)O)C2CC(C(=O)O)N(CC(=O)O)C2)C[C@H]1C(=O)O. The minimum absolute atomic E-state index is 0.0935. The lowest BCUT2D eigenvalue weighted by atomic mass is 10.1. The van der Waals surface area contributed by atoms with Gasteiger partial charge in [0.15, 0.2) is 0 Å². The van der Waals surface area contributed by atoms with Gasteiger partial charge in [0.2, 0.25) is 0 Å². The summed E-state index contributed by atoms with van der Waals surface area (Å²) in [6, 6.07) is -2.56. The summed E-state index contributed by atoms with van der Waals surface area (Å²) in [6.45, 7) is 2.00. The largest absolute Gasteiger partial charge is 0.480 e. The lowest BCUT2D eigenvalue weighted by Crippen LogP contribution is -2.48. The van der Waals surface area contributed by atoms with Crippen LogP contribution in [-0.2, 0) is 19.2 Å². The Balaban J connectivity index is 2.21. The highest BCUT2D eigenvalue weighted by molar-refractivity contribution is 5.76. The molecule has 11 nitrogen and oxygen atoms in total. The van der Waals surface area contributed by atoms with Crippen LogP contribution in [0.5, 0.6) is 0 Å². The Morgan fingerprint density at radius 1 is 0.852 bits per heavy atom. The van der Waals surface area contributed by atoms with Crippen molar-refractivity contribution in [3.63, 3.8) is 0 Å². The van der Waals surface area contributed by atoms with Crippen molar-refractivity contribution in [3.8, 4) is 0 Å². The molecule has 0 amide bonds. The van der Waals surface area contributed by atoms with E-state index in [4.69, 9.17) is 5.11 Å². The molecule has 2 aliphatic rings. The van der Waals surface area contributed by atoms with Crippen LogP contribution in [0.4, 0.5) is 0 Å². The molecule has 4 atom stereocenters. The van der Waals surface area contributed by atoms with E-state index in [9.17, 15) is 34.5 Å². The molecule has 152 valence electrons. The molecule has 0 aliphatic carbocycles. The number of hydrogen-bond acceptors (Lipinski definition) is 7. The van der Waals surface area contributed by atoms with Crippen LogP contribution in [0.15, 0.2) is 0 Å². The van der Waals surface area contributed by atoms with Crippen molar-refractivity contribution in [2.45, 2.75) is 43.9 Å². The van der Waals surface area contributed by atoms with Gasteiger partial charge in [-0.3, -0.25) is 33.9 Å². The number of rotatable bonds is 9. The fraction of sp³-hybridized carbons (Fsp3) is 0.750. The maximum atomic E-state index is 11.5. The van der Waals surface area contributed by atoms with Crippen LogP contribution in [0.1, 0.15) is 19.8 Å². The quantitative estimate of drug-likeness (QED) is 0.366. The van der Waals surface area contributed by atoms with Crippen molar-refractivity contribution in [3.05, 3.63) is 0 Å². The number of likely N-dealkylation sites (N-methyl/N-ethyl adjacent to an activating group) is 1. The second-order valence-corrected chi connectivity index (χ2v) is 6.96. The van der Waals surface area contributed by atoms with Crippen molar-refractivity contribution in [1.82, 2.24) is 14.7 Å². The van der Waals surface area contributed by atoms with E-state index in [2.05, 4.69) is 0 Å². The van der Waals surface area contributed by atoms with E-state index in [1.54, 1.807) is 9.80 Å². The number of carbonyl (C=O) groups is 4. The molecule has 2 fully saturated rings. The molecular formula is C16H25N3O8. The molecule has 0 spiro atoms. The fourth-order valence-corrected chi connectivity index (χ4v) is 4.16. The second-order valence-electron chi connectivity index (χ2n) is 6.96. The van der Waals surface area contributed by atoms with E-state index in [-0.39, 0.29) is 32.0 Å². The Bertz CT molecular complexity index is 612. The summed E-state index contributed by atoms with van der Waals surface area (Å²) in [5, 5.41) is 37.1. The van der Waals surface area contributed by atoms with Crippen LogP contribution in [0.2, 0.25) is 0 Å². The van der Waals surface area contributed by atoms with Crippen LogP contribution in [-0.4, -0.2) is 116 Å². The van der Waals surface area contributed by atoms with Gasteiger partial charge >= 0.3 is 23.9 Å². The molecule has 0 aromatic rings. The van der Waals surface area contributed by atoms with Crippen LogP contribution in [0.25, 0.3) is 0 Å². The monoisotopic (exact) mass is 387 g/mol. The van der Waals surface area contributed by atoms with Gasteiger partial charge < -0.3 is 20.4 Å². The van der Waals surface area contributed by atoms with Gasteiger partial charge in [0.1, 0.15) is 12.1 Å². The molecule has 4 N–H and O–H groups in total. The van der Waals surface area contributed by atoms with E-state index in [1.165, 1.54) is 4.90 Å². The van der Waals surface area contributed by atoms with Gasteiger partial charge in [0, 0.05) is 25.2 Å². The summed E-state index contributed by atoms with van der Waals surface area (Å²) in [7, 11) is 0. The first kappa shape index (κ1) is 21.1. The van der Waals surface area contributed by atoms with Crippen LogP contribution in [0.3, 0.4) is 0 Å². The zero-order chi connectivity index (χ0) is 20.3. The molecule has 2 rings (SSSR count). The molecule has 0 aromatic heterocycles. The first-order chi connectivity index (χ1) is 12.6. The van der Waals surface area contributed by atoms with Gasteiger partial charge in [-0.05, 0) is 19.4 Å². The van der Waals surface area contributed by atoms with E-state index in [1.807, 2.05) is 6.92 Å². The number of carboxylic acid groups (broad SMARTS) is 4. The third-order valence-corrected chi connectivity index (χ3v) is 5.33. The smallest absolute Gasteiger partial charge is 0.320 e. The molecule has 2 saturated heterocycles. The van der Waals surface area contributed by atoms with Gasteiger partial charge in [-0.2, -0.15) is 0 Å². The Labute approximate surface area is 155 Å². The molecule has 0 aromatic carbocycles. The van der Waals surface area contributed by atoms with Crippen LogP contribution in [0, 0.1) is 0 Å². The Morgan fingerprint density at radius 3 is 1.70 bits per heavy atom. The lowest BCUT2D eigenvalue weighted by molar-refractivity contribution is -0.145. The predicted octanol–water partition coefficient (Wildman–Crippen LogP) is -1.47. The molecule has 0 radical (unpaired) electrons. The first-order valence-electron chi connectivity index (χ1n) is 8.77. The predicted molar refractivity (Wildman–Crippen MR) is 90.5 cm³/mol. The highest BCUT2D eigenvalue weighted by atomic mass is 16.4. The highest BCUT2D eigenvalue weighted by Crippen LogP contribution is 2.29. The third kappa shape index (κ3) is 4.93. The normalized spacial score (nSPS) is 29.3. The summed E-state index contributed by atoms with van der Waals surface area (Å²) >= 11 is 0. The van der Waals surface area contributed by atoms with Gasteiger partial charge in [0.05, 0.1) is 13.1 Å². The maximum Gasteiger partial charge on any atom is 0.320 e. The standard InChI is InChI=1S/C16H25N3O8/c1-2-17-5-9(3-11(17)15(24)25)19(8-14(22)23)10-4-12(16(26)27)18(6-10)7-13(20)21/h9-12H,2-8H2,1H3,(H,20,21)(H,22,23)(H,24,25)(H,26,27)/t9-,10?,11-,12?/m0/s1. The Kier molecular flexibility index (Phi) is 6.73. The third-order valence-electron chi connectivity index (χ3n) is 5.33. The van der Waals surface area contributed by atoms with Gasteiger partial charge in [-0.25, -0.2) is 0 Å². The van der Waals surface area contributed by atoms with Gasteiger partial charge in [-0.1, -0.05) is 6.92 Å². The summed E-state index contributed by atoms with van der Waals surface area (Å²) < 4.78 is 0. The van der Waals surface area contributed by atoms with E-state index in [0.717, 1.165) is 0 Å². The van der Waals surface area contributed by atoms with E-state index in [0.29, 0.717) is 13.1 Å². The second kappa shape index (κ2) is 8.63. The molecule has 27 heavy (non-hydrogen) atoms. The number of carboxylic acids is 4. The van der Waals surface area contributed by atoms with Crippen molar-refractivity contribution in [2.75, 3.05) is 32.7 Å². The fourth-order valence-electron chi connectivity index (χ4n) is 4.16. The van der Waals surface area contributed by atoms with Crippen molar-refractivity contribution < 1.29 is 39.6 Å². The first-order valence-corrected chi connectivity index (χ1v) is 8.77. The molecule has 11 heteroatoms. The van der Waals surface area contributed by atoms with E-state index < -0.39 is 48.5 Å². The molecule has 0 saturated carbocycles. The zero-order valence-electron chi connectivity index (χ0n) is 15.0. The number of aliphatic carboxylic acids is 4. The van der Waals surface area contributed by atoms with Gasteiger partial charge in [0.25, 0.3) is 0 Å². The molecule has 2 unspecified atom stereocenters. The Hall–Kier alpha value is -2.24. The van der Waals surface area contributed by atoms with Crippen LogP contribution >= 0.6 is 0 Å². The minimum atomic E-state index is -1.16. The van der Waals surface area contributed by atoms with Crippen molar-refractivity contribution in [1.29, 1.82) is 0 Å². The summed E-state index contributed by atoms with van der Waals surface area (Å²) in [4.78, 5) is 50.0. The molecular weight excluding hydrogens is 362 g/mol.